The van der Waals surface area contributed by atoms with Crippen LogP contribution in [0.3, 0.4) is 0 Å². The van der Waals surface area contributed by atoms with Crippen LogP contribution in [0.25, 0.3) is 0 Å². The number of rotatable bonds is 7. The Hall–Kier alpha value is -0.160. The van der Waals surface area contributed by atoms with Crippen LogP contribution in [0, 0.1) is 5.92 Å². The zero-order valence-corrected chi connectivity index (χ0v) is 14.1. The van der Waals surface area contributed by atoms with E-state index in [4.69, 9.17) is 4.74 Å². The van der Waals surface area contributed by atoms with Crippen molar-refractivity contribution in [3.8, 4) is 0 Å². The number of aliphatic hydroxyl groups is 1. The van der Waals surface area contributed by atoms with E-state index >= 15 is 0 Å². The fourth-order valence-corrected chi connectivity index (χ4v) is 4.24. The molecule has 0 spiro atoms. The van der Waals surface area contributed by atoms with E-state index in [1.165, 1.54) is 19.3 Å². The molecule has 2 fully saturated rings. The molecule has 0 radical (unpaired) electrons. The molecule has 124 valence electrons. The van der Waals surface area contributed by atoms with Crippen molar-refractivity contribution in [3.05, 3.63) is 0 Å². The lowest BCUT2D eigenvalue weighted by Gasteiger charge is -2.39. The van der Waals surface area contributed by atoms with Gasteiger partial charge in [-0.15, -0.1) is 0 Å². The number of nitrogens with zero attached hydrogens (tertiary/aromatic N) is 1. The maximum absolute atomic E-state index is 9.94. The molecule has 1 aliphatic carbocycles. The minimum atomic E-state index is -0.0144. The number of aliphatic hydroxyl groups excluding tert-OH is 1. The number of ether oxygens (including phenoxy) is 1. The van der Waals surface area contributed by atoms with Crippen molar-refractivity contribution in [2.75, 3.05) is 32.8 Å². The second-order valence-corrected chi connectivity index (χ2v) is 7.14. The molecular weight excluding hydrogens is 264 g/mol. The van der Waals surface area contributed by atoms with Crippen molar-refractivity contribution in [1.29, 1.82) is 0 Å². The van der Waals surface area contributed by atoms with Gasteiger partial charge in [0, 0.05) is 18.6 Å². The first-order chi connectivity index (χ1) is 10.1. The smallest absolute Gasteiger partial charge is 0.0678 e. The molecule has 4 heteroatoms. The first-order valence-electron chi connectivity index (χ1n) is 8.83. The SMILES string of the molecule is CCCNC1(CO)CCCC1CCN1C[C@@H](C)O[C@@H](C)C1. The minimum absolute atomic E-state index is 0.0144. The largest absolute Gasteiger partial charge is 0.394 e. The van der Waals surface area contributed by atoms with Gasteiger partial charge in [-0.05, 0) is 58.5 Å². The van der Waals surface area contributed by atoms with Gasteiger partial charge in [-0.25, -0.2) is 0 Å². The predicted octanol–water partition coefficient (Wildman–Crippen LogP) is 2.02. The highest BCUT2D eigenvalue weighted by atomic mass is 16.5. The summed E-state index contributed by atoms with van der Waals surface area (Å²) in [6.07, 6.45) is 6.65. The molecule has 2 unspecified atom stereocenters. The molecule has 1 saturated heterocycles. The molecule has 2 N–H and O–H groups in total. The Morgan fingerprint density at radius 2 is 2.00 bits per heavy atom. The Kier molecular flexibility index (Phi) is 6.48. The van der Waals surface area contributed by atoms with Crippen LogP contribution in [0.1, 0.15) is 52.9 Å². The Morgan fingerprint density at radius 1 is 1.29 bits per heavy atom. The van der Waals surface area contributed by atoms with E-state index < -0.39 is 0 Å². The summed E-state index contributed by atoms with van der Waals surface area (Å²) < 4.78 is 5.81. The highest BCUT2D eigenvalue weighted by molar-refractivity contribution is 4.99. The molecule has 0 aromatic carbocycles. The van der Waals surface area contributed by atoms with E-state index in [0.717, 1.165) is 39.0 Å². The summed E-state index contributed by atoms with van der Waals surface area (Å²) in [5.41, 5.74) is -0.0144. The number of hydrogen-bond acceptors (Lipinski definition) is 4. The maximum atomic E-state index is 9.94. The van der Waals surface area contributed by atoms with Gasteiger partial charge in [0.05, 0.1) is 18.8 Å². The standard InChI is InChI=1S/C17H34N2O2/c1-4-9-18-17(13-20)8-5-6-16(17)7-10-19-11-14(2)21-15(3)12-19/h14-16,18,20H,4-13H2,1-3H3/t14-,15+,16?,17?. The van der Waals surface area contributed by atoms with Gasteiger partial charge >= 0.3 is 0 Å². The Labute approximate surface area is 130 Å². The van der Waals surface area contributed by atoms with E-state index in [1.807, 2.05) is 0 Å². The van der Waals surface area contributed by atoms with Crippen molar-refractivity contribution in [3.63, 3.8) is 0 Å². The third kappa shape index (κ3) is 4.41. The monoisotopic (exact) mass is 298 g/mol. The quantitative estimate of drug-likeness (QED) is 0.755. The summed E-state index contributed by atoms with van der Waals surface area (Å²) in [4.78, 5) is 2.54. The van der Waals surface area contributed by atoms with Crippen molar-refractivity contribution in [2.24, 2.45) is 5.92 Å². The van der Waals surface area contributed by atoms with E-state index in [-0.39, 0.29) is 12.1 Å². The van der Waals surface area contributed by atoms with Crippen LogP contribution in [0.5, 0.6) is 0 Å². The van der Waals surface area contributed by atoms with Gasteiger partial charge in [0.1, 0.15) is 0 Å². The third-order valence-electron chi connectivity index (χ3n) is 5.26. The van der Waals surface area contributed by atoms with Gasteiger partial charge < -0.3 is 15.2 Å². The van der Waals surface area contributed by atoms with E-state index in [1.54, 1.807) is 0 Å². The second-order valence-electron chi connectivity index (χ2n) is 7.14. The Morgan fingerprint density at radius 3 is 2.62 bits per heavy atom. The summed E-state index contributed by atoms with van der Waals surface area (Å²) in [6.45, 7) is 11.1. The Bertz CT molecular complexity index is 303. The molecule has 2 aliphatic rings. The second kappa shape index (κ2) is 7.91. The lowest BCUT2D eigenvalue weighted by Crippen LogP contribution is -2.53. The summed E-state index contributed by atoms with van der Waals surface area (Å²) in [6, 6.07) is 0. The molecule has 0 aromatic rings. The third-order valence-corrected chi connectivity index (χ3v) is 5.26. The van der Waals surface area contributed by atoms with Gasteiger partial charge in [0.15, 0.2) is 0 Å². The molecule has 0 aromatic heterocycles. The first-order valence-corrected chi connectivity index (χ1v) is 8.83. The molecule has 1 saturated carbocycles. The Balaban J connectivity index is 1.85. The van der Waals surface area contributed by atoms with E-state index in [0.29, 0.717) is 18.1 Å². The highest BCUT2D eigenvalue weighted by Crippen LogP contribution is 2.38. The average Bonchev–Trinajstić information content (AvgIpc) is 2.85. The van der Waals surface area contributed by atoms with Crippen LogP contribution in [-0.2, 0) is 4.74 Å². The van der Waals surface area contributed by atoms with Crippen molar-refractivity contribution < 1.29 is 9.84 Å². The zero-order chi connectivity index (χ0) is 15.3. The van der Waals surface area contributed by atoms with Gasteiger partial charge in [-0.3, -0.25) is 4.90 Å². The molecule has 1 heterocycles. The van der Waals surface area contributed by atoms with E-state index in [2.05, 4.69) is 31.0 Å². The van der Waals surface area contributed by atoms with Crippen LogP contribution < -0.4 is 5.32 Å². The van der Waals surface area contributed by atoms with Crippen molar-refractivity contribution in [1.82, 2.24) is 10.2 Å². The predicted molar refractivity (Wildman–Crippen MR) is 86.5 cm³/mol. The summed E-state index contributed by atoms with van der Waals surface area (Å²) in [7, 11) is 0. The molecule has 0 bridgehead atoms. The number of hydrogen-bond donors (Lipinski definition) is 2. The van der Waals surface area contributed by atoms with Crippen LogP contribution in [-0.4, -0.2) is 60.5 Å². The topological polar surface area (TPSA) is 44.7 Å². The molecule has 21 heavy (non-hydrogen) atoms. The zero-order valence-electron chi connectivity index (χ0n) is 14.1. The molecule has 2 rings (SSSR count). The van der Waals surface area contributed by atoms with Gasteiger partial charge in [-0.2, -0.15) is 0 Å². The molecule has 4 nitrogen and oxygen atoms in total. The fraction of sp³-hybridized carbons (Fsp3) is 1.00. The molecule has 1 aliphatic heterocycles. The fourth-order valence-electron chi connectivity index (χ4n) is 4.24. The minimum Gasteiger partial charge on any atom is -0.394 e. The van der Waals surface area contributed by atoms with Gasteiger partial charge in [0.2, 0.25) is 0 Å². The van der Waals surface area contributed by atoms with Crippen LogP contribution in [0.2, 0.25) is 0 Å². The van der Waals surface area contributed by atoms with Crippen LogP contribution in [0.4, 0.5) is 0 Å². The summed E-state index contributed by atoms with van der Waals surface area (Å²) >= 11 is 0. The lowest BCUT2D eigenvalue weighted by atomic mass is 9.85. The van der Waals surface area contributed by atoms with Gasteiger partial charge in [-0.1, -0.05) is 13.3 Å². The first kappa shape index (κ1) is 17.2. The van der Waals surface area contributed by atoms with Gasteiger partial charge in [0.25, 0.3) is 0 Å². The molecule has 4 atom stereocenters. The average molecular weight is 298 g/mol. The number of morpholine rings is 1. The summed E-state index contributed by atoms with van der Waals surface area (Å²) in [5, 5.41) is 13.6. The maximum Gasteiger partial charge on any atom is 0.0678 e. The summed E-state index contributed by atoms with van der Waals surface area (Å²) in [5.74, 6) is 0.613. The highest BCUT2D eigenvalue weighted by Gasteiger charge is 2.41. The van der Waals surface area contributed by atoms with Crippen molar-refractivity contribution >= 4 is 0 Å². The number of nitrogens with one attached hydrogen (secondary N) is 1. The molecular formula is C17H34N2O2. The molecule has 0 amide bonds. The van der Waals surface area contributed by atoms with Crippen LogP contribution >= 0.6 is 0 Å². The lowest BCUT2D eigenvalue weighted by molar-refractivity contribution is -0.0697. The normalized spacial score (nSPS) is 38.0. The van der Waals surface area contributed by atoms with Crippen molar-refractivity contribution in [2.45, 2.75) is 70.6 Å². The van der Waals surface area contributed by atoms with Crippen LogP contribution in [0.15, 0.2) is 0 Å². The van der Waals surface area contributed by atoms with E-state index in [9.17, 15) is 5.11 Å².